The molecule has 7 heteroatoms. The van der Waals surface area contributed by atoms with E-state index >= 15 is 0 Å². The third-order valence-corrected chi connectivity index (χ3v) is 3.96. The first-order valence-electron chi connectivity index (χ1n) is 7.56. The lowest BCUT2D eigenvalue weighted by Gasteiger charge is -2.15. The number of ketones is 1. The molecule has 0 saturated heterocycles. The molecule has 0 aromatic heterocycles. The van der Waals surface area contributed by atoms with Gasteiger partial charge in [0, 0.05) is 5.56 Å². The number of hydrogen-bond donors (Lipinski definition) is 0. The summed E-state index contributed by atoms with van der Waals surface area (Å²) >= 11 is 0. The number of ether oxygens (including phenoxy) is 3. The maximum absolute atomic E-state index is 13.1. The van der Waals surface area contributed by atoms with Crippen LogP contribution in [-0.2, 0) is 20.4 Å². The standard InChI is InChI=1S/C18H19O6P/c1-12(24-25-20)23-11-13-7-4-5-8-14(13)18(19)17-15(21-2)9-6-10-16(17)22-3/h4-10,12H,11H2,1-3H3. The molecule has 132 valence electrons. The molecule has 2 aromatic rings. The summed E-state index contributed by atoms with van der Waals surface area (Å²) < 4.78 is 31.3. The second-order valence-electron chi connectivity index (χ2n) is 5.08. The Morgan fingerprint density at radius 2 is 1.68 bits per heavy atom. The molecular formula is C18H19O6P. The van der Waals surface area contributed by atoms with E-state index in [9.17, 15) is 9.36 Å². The molecule has 0 radical (unpaired) electrons. The summed E-state index contributed by atoms with van der Waals surface area (Å²) in [6.45, 7) is 1.76. The summed E-state index contributed by atoms with van der Waals surface area (Å²) in [4.78, 5) is 13.1. The van der Waals surface area contributed by atoms with E-state index in [0.29, 0.717) is 28.2 Å². The van der Waals surface area contributed by atoms with E-state index in [2.05, 4.69) is 0 Å². The average Bonchev–Trinajstić information content (AvgIpc) is 2.65. The fourth-order valence-electron chi connectivity index (χ4n) is 2.38. The van der Waals surface area contributed by atoms with Gasteiger partial charge in [0.25, 0.3) is 0 Å². The maximum atomic E-state index is 13.1. The predicted octanol–water partition coefficient (Wildman–Crippen LogP) is 4.02. The summed E-state index contributed by atoms with van der Waals surface area (Å²) in [7, 11) is 2.55. The van der Waals surface area contributed by atoms with E-state index in [1.165, 1.54) is 14.2 Å². The summed E-state index contributed by atoms with van der Waals surface area (Å²) in [6.07, 6.45) is -0.664. The van der Waals surface area contributed by atoms with Gasteiger partial charge in [-0.15, -0.1) is 0 Å². The minimum absolute atomic E-state index is 0.135. The molecule has 1 atom stereocenters. The van der Waals surface area contributed by atoms with Crippen LogP contribution in [0.3, 0.4) is 0 Å². The number of hydrogen-bond acceptors (Lipinski definition) is 6. The van der Waals surface area contributed by atoms with Gasteiger partial charge in [0.05, 0.1) is 20.8 Å². The average molecular weight is 362 g/mol. The highest BCUT2D eigenvalue weighted by Gasteiger charge is 2.22. The van der Waals surface area contributed by atoms with Gasteiger partial charge in [-0.25, -0.2) is 4.57 Å². The molecule has 0 aliphatic carbocycles. The van der Waals surface area contributed by atoms with Gasteiger partial charge in [-0.3, -0.25) is 9.32 Å². The summed E-state index contributed by atoms with van der Waals surface area (Å²) in [5.74, 6) is 0.632. The van der Waals surface area contributed by atoms with E-state index in [1.807, 2.05) is 6.07 Å². The van der Waals surface area contributed by atoms with E-state index in [-0.39, 0.29) is 12.4 Å². The molecule has 0 aliphatic heterocycles. The quantitative estimate of drug-likeness (QED) is 0.381. The fraction of sp³-hybridized carbons (Fsp3) is 0.278. The Bertz CT molecular complexity index is 724. The lowest BCUT2D eigenvalue weighted by molar-refractivity contribution is -0.0693. The molecule has 0 spiro atoms. The van der Waals surface area contributed by atoms with Gasteiger partial charge < -0.3 is 14.2 Å². The van der Waals surface area contributed by atoms with Crippen LogP contribution in [0.4, 0.5) is 0 Å². The van der Waals surface area contributed by atoms with Crippen LogP contribution in [0.2, 0.25) is 0 Å². The number of benzene rings is 2. The van der Waals surface area contributed by atoms with E-state index in [1.54, 1.807) is 43.3 Å². The molecule has 0 saturated carbocycles. The lowest BCUT2D eigenvalue weighted by Crippen LogP contribution is -2.12. The van der Waals surface area contributed by atoms with Gasteiger partial charge in [0.2, 0.25) is 5.78 Å². The van der Waals surface area contributed by atoms with E-state index in [0.717, 1.165) is 0 Å². The number of rotatable bonds is 9. The highest BCUT2D eigenvalue weighted by atomic mass is 31.1. The van der Waals surface area contributed by atoms with Crippen LogP contribution in [0.5, 0.6) is 11.5 Å². The van der Waals surface area contributed by atoms with Gasteiger partial charge in [-0.1, -0.05) is 30.3 Å². The van der Waals surface area contributed by atoms with Crippen molar-refractivity contribution < 1.29 is 28.1 Å². The first-order chi connectivity index (χ1) is 12.1. The van der Waals surface area contributed by atoms with Gasteiger partial charge in [0.15, 0.2) is 6.29 Å². The topological polar surface area (TPSA) is 71.1 Å². The smallest absolute Gasteiger partial charge is 0.329 e. The highest BCUT2D eigenvalue weighted by Crippen LogP contribution is 2.31. The van der Waals surface area contributed by atoms with Crippen molar-refractivity contribution in [2.45, 2.75) is 19.8 Å². The normalized spacial score (nSPS) is 12.0. The van der Waals surface area contributed by atoms with Crippen LogP contribution in [0, 0.1) is 0 Å². The molecule has 1 unspecified atom stereocenters. The zero-order valence-corrected chi connectivity index (χ0v) is 15.1. The molecule has 0 amide bonds. The Hall–Kier alpha value is -2.27. The van der Waals surface area contributed by atoms with Crippen molar-refractivity contribution in [3.63, 3.8) is 0 Å². The van der Waals surface area contributed by atoms with E-state index in [4.69, 9.17) is 18.7 Å². The molecule has 6 nitrogen and oxygen atoms in total. The Labute approximate surface area is 148 Å². The molecule has 0 bridgehead atoms. The maximum Gasteiger partial charge on any atom is 0.329 e. The SMILES string of the molecule is COc1cccc(OC)c1C(=O)c1ccccc1COC(C)OP=O. The summed E-state index contributed by atoms with van der Waals surface area (Å²) in [5.41, 5.74) is 1.50. The molecular weight excluding hydrogens is 343 g/mol. The van der Waals surface area contributed by atoms with Gasteiger partial charge in [-0.2, -0.15) is 0 Å². The van der Waals surface area contributed by atoms with Crippen LogP contribution in [0.25, 0.3) is 0 Å². The second-order valence-corrected chi connectivity index (χ2v) is 5.44. The van der Waals surface area contributed by atoms with Crippen LogP contribution in [0.15, 0.2) is 42.5 Å². The van der Waals surface area contributed by atoms with Crippen molar-refractivity contribution in [3.8, 4) is 11.5 Å². The summed E-state index contributed by atoms with van der Waals surface area (Å²) in [5, 5.41) is 0. The van der Waals surface area contributed by atoms with Crippen LogP contribution in [0.1, 0.15) is 28.4 Å². The van der Waals surface area contributed by atoms with Gasteiger partial charge >= 0.3 is 8.69 Å². The van der Waals surface area contributed by atoms with Gasteiger partial charge in [0.1, 0.15) is 17.1 Å². The van der Waals surface area contributed by atoms with Crippen LogP contribution >= 0.6 is 8.69 Å². The molecule has 25 heavy (non-hydrogen) atoms. The van der Waals surface area contributed by atoms with Crippen molar-refractivity contribution in [1.82, 2.24) is 0 Å². The third-order valence-electron chi connectivity index (χ3n) is 3.58. The molecule has 0 N–H and O–H groups in total. The third kappa shape index (κ3) is 4.63. The molecule has 2 rings (SSSR count). The highest BCUT2D eigenvalue weighted by molar-refractivity contribution is 7.17. The van der Waals surface area contributed by atoms with Gasteiger partial charge in [-0.05, 0) is 24.6 Å². The molecule has 0 fully saturated rings. The number of carbonyl (C=O) groups excluding carboxylic acids is 1. The first kappa shape index (κ1) is 19.1. The largest absolute Gasteiger partial charge is 0.496 e. The monoisotopic (exact) mass is 362 g/mol. The Morgan fingerprint density at radius 3 is 2.28 bits per heavy atom. The minimum Gasteiger partial charge on any atom is -0.496 e. The first-order valence-corrected chi connectivity index (χ1v) is 8.29. The van der Waals surface area contributed by atoms with Crippen LogP contribution in [-0.4, -0.2) is 26.3 Å². The molecule has 0 aliphatic rings. The van der Waals surface area contributed by atoms with Crippen LogP contribution < -0.4 is 9.47 Å². The predicted molar refractivity (Wildman–Crippen MR) is 92.4 cm³/mol. The zero-order valence-electron chi connectivity index (χ0n) is 14.2. The van der Waals surface area contributed by atoms with Crippen molar-refractivity contribution >= 4 is 14.5 Å². The Balaban J connectivity index is 2.36. The molecule has 0 heterocycles. The fourth-order valence-corrected chi connectivity index (χ4v) is 2.56. The second kappa shape index (κ2) is 9.28. The van der Waals surface area contributed by atoms with Crippen molar-refractivity contribution in [3.05, 3.63) is 59.2 Å². The van der Waals surface area contributed by atoms with E-state index < -0.39 is 15.0 Å². The Morgan fingerprint density at radius 1 is 1.04 bits per heavy atom. The Kier molecular flexibility index (Phi) is 7.07. The van der Waals surface area contributed by atoms with Crippen molar-refractivity contribution in [2.24, 2.45) is 0 Å². The zero-order chi connectivity index (χ0) is 18.2. The number of methoxy groups -OCH3 is 2. The lowest BCUT2D eigenvalue weighted by atomic mass is 9.97. The number of carbonyl (C=O) groups is 1. The summed E-state index contributed by atoms with van der Waals surface area (Å²) in [6, 6.07) is 12.3. The minimum atomic E-state index is -0.664. The van der Waals surface area contributed by atoms with Crippen molar-refractivity contribution in [1.29, 1.82) is 0 Å². The van der Waals surface area contributed by atoms with Crippen molar-refractivity contribution in [2.75, 3.05) is 14.2 Å². The molecule has 2 aromatic carbocycles.